The minimum atomic E-state index is 0.0163. The zero-order valence-electron chi connectivity index (χ0n) is 13.2. The molecule has 1 saturated carbocycles. The van der Waals surface area contributed by atoms with Crippen molar-refractivity contribution < 1.29 is 4.79 Å². The van der Waals surface area contributed by atoms with Gasteiger partial charge < -0.3 is 5.32 Å². The summed E-state index contributed by atoms with van der Waals surface area (Å²) in [6.45, 7) is 2.13. The van der Waals surface area contributed by atoms with Gasteiger partial charge in [-0.15, -0.1) is 5.10 Å². The summed E-state index contributed by atoms with van der Waals surface area (Å²) < 4.78 is 1.83. The van der Waals surface area contributed by atoms with Gasteiger partial charge in [0.15, 0.2) is 0 Å². The number of tetrazole rings is 1. The minimum Gasteiger partial charge on any atom is -0.349 e. The third-order valence-corrected chi connectivity index (χ3v) is 4.74. The molecule has 1 amide bonds. The number of amides is 1. The van der Waals surface area contributed by atoms with Crippen LogP contribution in [0.2, 0.25) is 0 Å². The van der Waals surface area contributed by atoms with E-state index in [1.54, 1.807) is 0 Å². The molecule has 1 aromatic heterocycles. The maximum absolute atomic E-state index is 12.3. The van der Waals surface area contributed by atoms with Crippen LogP contribution in [0.15, 0.2) is 35.5 Å². The first-order valence-corrected chi connectivity index (χ1v) is 9.01. The van der Waals surface area contributed by atoms with E-state index in [9.17, 15) is 4.79 Å². The van der Waals surface area contributed by atoms with Crippen molar-refractivity contribution in [2.75, 3.05) is 5.75 Å². The number of nitrogens with one attached hydrogen (secondary N) is 1. The van der Waals surface area contributed by atoms with Gasteiger partial charge in [0.2, 0.25) is 11.1 Å². The van der Waals surface area contributed by atoms with Crippen molar-refractivity contribution in [2.45, 2.75) is 49.8 Å². The zero-order valence-corrected chi connectivity index (χ0v) is 14.0. The van der Waals surface area contributed by atoms with Crippen molar-refractivity contribution in [1.29, 1.82) is 0 Å². The lowest BCUT2D eigenvalue weighted by Crippen LogP contribution is -2.30. The van der Waals surface area contributed by atoms with E-state index in [-0.39, 0.29) is 11.9 Å². The van der Waals surface area contributed by atoms with Crippen LogP contribution in [0.25, 0.3) is 0 Å². The topological polar surface area (TPSA) is 72.7 Å². The second-order valence-corrected chi connectivity index (χ2v) is 6.69. The summed E-state index contributed by atoms with van der Waals surface area (Å²) in [4.78, 5) is 12.3. The van der Waals surface area contributed by atoms with Gasteiger partial charge in [0, 0.05) is 0 Å². The summed E-state index contributed by atoms with van der Waals surface area (Å²) in [5.41, 5.74) is 1.15. The van der Waals surface area contributed by atoms with Crippen LogP contribution >= 0.6 is 11.8 Å². The summed E-state index contributed by atoms with van der Waals surface area (Å²) in [6.07, 6.45) is 4.20. The monoisotopic (exact) mass is 331 g/mol. The van der Waals surface area contributed by atoms with Crippen LogP contribution in [-0.2, 0) is 4.79 Å². The fourth-order valence-electron chi connectivity index (χ4n) is 2.49. The molecule has 1 aromatic carbocycles. The fourth-order valence-corrected chi connectivity index (χ4v) is 3.25. The molecule has 122 valence electrons. The number of nitrogens with zero attached hydrogens (tertiary/aromatic N) is 4. The molecule has 7 heteroatoms. The quantitative estimate of drug-likeness (QED) is 0.753. The Morgan fingerprint density at radius 3 is 2.87 bits per heavy atom. The fraction of sp³-hybridized carbons (Fsp3) is 0.500. The SMILES string of the molecule is CCCC(NC(=O)CSc1nnnn1C1CC1)c1ccccc1. The number of carbonyl (C=O) groups excluding carboxylic acids is 1. The Labute approximate surface area is 140 Å². The normalized spacial score (nSPS) is 15.3. The summed E-state index contributed by atoms with van der Waals surface area (Å²) in [5, 5.41) is 15.6. The van der Waals surface area contributed by atoms with Gasteiger partial charge in [-0.25, -0.2) is 4.68 Å². The molecule has 23 heavy (non-hydrogen) atoms. The molecule has 6 nitrogen and oxygen atoms in total. The first kappa shape index (κ1) is 16.0. The first-order valence-electron chi connectivity index (χ1n) is 8.03. The average Bonchev–Trinajstić information content (AvgIpc) is 3.31. The first-order chi connectivity index (χ1) is 11.3. The Balaban J connectivity index is 1.55. The van der Waals surface area contributed by atoms with E-state index < -0.39 is 0 Å². The smallest absolute Gasteiger partial charge is 0.230 e. The van der Waals surface area contributed by atoms with Crippen molar-refractivity contribution in [3.63, 3.8) is 0 Å². The number of benzene rings is 1. The van der Waals surface area contributed by atoms with Gasteiger partial charge in [0.1, 0.15) is 0 Å². The Bertz CT molecular complexity index is 641. The number of thioether (sulfide) groups is 1. The molecular formula is C16H21N5OS. The lowest BCUT2D eigenvalue weighted by atomic mass is 10.0. The van der Waals surface area contributed by atoms with Gasteiger partial charge in [0.05, 0.1) is 17.8 Å². The lowest BCUT2D eigenvalue weighted by molar-refractivity contribution is -0.119. The van der Waals surface area contributed by atoms with Crippen LogP contribution in [0, 0.1) is 0 Å². The van der Waals surface area contributed by atoms with E-state index >= 15 is 0 Å². The molecule has 1 heterocycles. The van der Waals surface area contributed by atoms with E-state index in [1.807, 2.05) is 22.9 Å². The molecule has 3 rings (SSSR count). The predicted octanol–water partition coefficient (Wildman–Crippen LogP) is 2.76. The highest BCUT2D eigenvalue weighted by Gasteiger charge is 2.28. The Morgan fingerprint density at radius 1 is 1.39 bits per heavy atom. The molecule has 0 saturated heterocycles. The zero-order chi connectivity index (χ0) is 16.1. The van der Waals surface area contributed by atoms with Crippen molar-refractivity contribution >= 4 is 17.7 Å². The van der Waals surface area contributed by atoms with E-state index in [4.69, 9.17) is 0 Å². The Morgan fingerprint density at radius 2 is 2.17 bits per heavy atom. The van der Waals surface area contributed by atoms with E-state index in [0.29, 0.717) is 11.8 Å². The molecule has 0 radical (unpaired) electrons. The van der Waals surface area contributed by atoms with Crippen LogP contribution in [0.1, 0.15) is 50.3 Å². The summed E-state index contributed by atoms with van der Waals surface area (Å²) in [6, 6.07) is 10.6. The third-order valence-electron chi connectivity index (χ3n) is 3.80. The molecule has 0 bridgehead atoms. The molecule has 1 fully saturated rings. The molecular weight excluding hydrogens is 310 g/mol. The largest absolute Gasteiger partial charge is 0.349 e. The van der Waals surface area contributed by atoms with Crippen LogP contribution in [0.4, 0.5) is 0 Å². The van der Waals surface area contributed by atoms with Crippen molar-refractivity contribution in [3.8, 4) is 0 Å². The van der Waals surface area contributed by atoms with Crippen LogP contribution < -0.4 is 5.32 Å². The molecule has 1 atom stereocenters. The molecule has 1 N–H and O–H groups in total. The highest BCUT2D eigenvalue weighted by atomic mass is 32.2. The van der Waals surface area contributed by atoms with Crippen molar-refractivity contribution in [2.24, 2.45) is 0 Å². The second-order valence-electron chi connectivity index (χ2n) is 5.75. The summed E-state index contributed by atoms with van der Waals surface area (Å²) >= 11 is 1.40. The van der Waals surface area contributed by atoms with Gasteiger partial charge in [-0.1, -0.05) is 55.4 Å². The predicted molar refractivity (Wildman–Crippen MR) is 89.0 cm³/mol. The Kier molecular flexibility index (Phi) is 5.27. The van der Waals surface area contributed by atoms with Crippen LogP contribution in [-0.4, -0.2) is 31.9 Å². The van der Waals surface area contributed by atoms with Gasteiger partial charge in [-0.3, -0.25) is 4.79 Å². The third kappa shape index (κ3) is 4.31. The van der Waals surface area contributed by atoms with Crippen molar-refractivity contribution in [3.05, 3.63) is 35.9 Å². The molecule has 2 aromatic rings. The van der Waals surface area contributed by atoms with Crippen molar-refractivity contribution in [1.82, 2.24) is 25.5 Å². The number of carbonyl (C=O) groups is 1. The molecule has 0 aliphatic heterocycles. The average molecular weight is 331 g/mol. The van der Waals surface area contributed by atoms with Crippen LogP contribution in [0.3, 0.4) is 0 Å². The van der Waals surface area contributed by atoms with Gasteiger partial charge >= 0.3 is 0 Å². The summed E-state index contributed by atoms with van der Waals surface area (Å²) in [5.74, 6) is 0.350. The number of hydrogen-bond acceptors (Lipinski definition) is 5. The van der Waals surface area contributed by atoms with Crippen LogP contribution in [0.5, 0.6) is 0 Å². The molecule has 1 aliphatic rings. The maximum Gasteiger partial charge on any atom is 0.230 e. The molecule has 1 aliphatic carbocycles. The minimum absolute atomic E-state index is 0.0163. The number of aromatic nitrogens is 4. The van der Waals surface area contributed by atoms with E-state index in [2.05, 4.69) is 39.9 Å². The van der Waals surface area contributed by atoms with E-state index in [0.717, 1.165) is 36.4 Å². The Hall–Kier alpha value is -1.89. The molecule has 1 unspecified atom stereocenters. The second kappa shape index (κ2) is 7.59. The lowest BCUT2D eigenvalue weighted by Gasteiger charge is -2.18. The highest BCUT2D eigenvalue weighted by molar-refractivity contribution is 7.99. The van der Waals surface area contributed by atoms with Gasteiger partial charge in [-0.05, 0) is 35.3 Å². The van der Waals surface area contributed by atoms with Gasteiger partial charge in [-0.2, -0.15) is 0 Å². The standard InChI is InChI=1S/C16H21N5OS/c1-2-6-14(12-7-4-3-5-8-12)17-15(22)11-23-16-18-19-20-21(16)13-9-10-13/h3-5,7-8,13-14H,2,6,9-11H2,1H3,(H,17,22). The maximum atomic E-state index is 12.3. The number of rotatable bonds is 8. The van der Waals surface area contributed by atoms with E-state index in [1.165, 1.54) is 11.8 Å². The molecule has 0 spiro atoms. The summed E-state index contributed by atoms with van der Waals surface area (Å²) in [7, 11) is 0. The highest BCUT2D eigenvalue weighted by Crippen LogP contribution is 2.36. The number of hydrogen-bond donors (Lipinski definition) is 1. The van der Waals surface area contributed by atoms with Gasteiger partial charge in [0.25, 0.3) is 0 Å².